The monoisotopic (exact) mass is 491 g/mol. The summed E-state index contributed by atoms with van der Waals surface area (Å²) in [7, 11) is 0. The first-order chi connectivity index (χ1) is 17.6. The summed E-state index contributed by atoms with van der Waals surface area (Å²) >= 11 is 0. The van der Waals surface area contributed by atoms with Crippen molar-refractivity contribution in [1.82, 2.24) is 25.3 Å². The standard InChI is InChI=1S/C28H34FN5O2/c29-25-12-10-23(11-13-25)27-31-26(36-32-27)20-34-16-4-5-24(19-34)28(35)30-17-21-6-8-22(9-7-21)18-33-14-2-1-3-15-33/h6-13,24H,1-5,14-20H2,(H,30,35). The molecule has 2 aliphatic heterocycles. The van der Waals surface area contributed by atoms with Gasteiger partial charge in [0.1, 0.15) is 5.82 Å². The molecule has 0 spiro atoms. The van der Waals surface area contributed by atoms with Gasteiger partial charge < -0.3 is 9.84 Å². The van der Waals surface area contributed by atoms with E-state index in [-0.39, 0.29) is 17.6 Å². The predicted octanol–water partition coefficient (Wildman–Crippen LogP) is 4.39. The summed E-state index contributed by atoms with van der Waals surface area (Å²) in [6.07, 6.45) is 5.77. The Morgan fingerprint density at radius 2 is 1.64 bits per heavy atom. The number of aromatic nitrogens is 2. The van der Waals surface area contributed by atoms with Crippen LogP contribution in [0.5, 0.6) is 0 Å². The van der Waals surface area contributed by atoms with Gasteiger partial charge >= 0.3 is 0 Å². The molecule has 1 unspecified atom stereocenters. The molecule has 2 fully saturated rings. The highest BCUT2D eigenvalue weighted by atomic mass is 19.1. The minimum absolute atomic E-state index is 0.0587. The van der Waals surface area contributed by atoms with Crippen molar-refractivity contribution in [2.24, 2.45) is 5.92 Å². The number of piperidine rings is 2. The summed E-state index contributed by atoms with van der Waals surface area (Å²) < 4.78 is 18.6. The second-order valence-corrected chi connectivity index (χ2v) is 9.96. The summed E-state index contributed by atoms with van der Waals surface area (Å²) in [6.45, 7) is 5.98. The Kier molecular flexibility index (Phi) is 8.03. The Morgan fingerprint density at radius 3 is 2.42 bits per heavy atom. The number of nitrogens with zero attached hydrogens (tertiary/aromatic N) is 4. The zero-order chi connectivity index (χ0) is 24.7. The third kappa shape index (κ3) is 6.56. The van der Waals surface area contributed by atoms with E-state index in [0.717, 1.165) is 31.5 Å². The number of nitrogens with one attached hydrogen (secondary N) is 1. The van der Waals surface area contributed by atoms with E-state index < -0.39 is 0 Å². The van der Waals surface area contributed by atoms with Gasteiger partial charge in [-0.1, -0.05) is 35.8 Å². The highest BCUT2D eigenvalue weighted by Gasteiger charge is 2.27. The number of carbonyl (C=O) groups excluding carboxylic acids is 1. The number of rotatable bonds is 8. The van der Waals surface area contributed by atoms with Crippen LogP contribution in [-0.2, 0) is 24.4 Å². The molecule has 0 radical (unpaired) electrons. The van der Waals surface area contributed by atoms with Crippen molar-refractivity contribution < 1.29 is 13.7 Å². The van der Waals surface area contributed by atoms with Gasteiger partial charge in [-0.05, 0) is 80.7 Å². The van der Waals surface area contributed by atoms with Gasteiger partial charge in [0.2, 0.25) is 17.6 Å². The normalized spacial score (nSPS) is 19.3. The van der Waals surface area contributed by atoms with Gasteiger partial charge in [0.25, 0.3) is 0 Å². The lowest BCUT2D eigenvalue weighted by Gasteiger charge is -2.30. The van der Waals surface area contributed by atoms with Crippen LogP contribution in [0, 0.1) is 11.7 Å². The number of likely N-dealkylation sites (tertiary alicyclic amines) is 2. The van der Waals surface area contributed by atoms with Crippen LogP contribution in [0.25, 0.3) is 11.4 Å². The number of halogens is 1. The SMILES string of the molecule is O=C(NCc1ccc(CN2CCCCC2)cc1)C1CCCN(Cc2nc(-c3ccc(F)cc3)no2)C1. The van der Waals surface area contributed by atoms with Gasteiger partial charge in [-0.2, -0.15) is 4.98 Å². The molecule has 0 saturated carbocycles. The lowest BCUT2D eigenvalue weighted by atomic mass is 9.97. The smallest absolute Gasteiger partial charge is 0.241 e. The summed E-state index contributed by atoms with van der Waals surface area (Å²) in [5.41, 5.74) is 3.16. The maximum atomic E-state index is 13.2. The summed E-state index contributed by atoms with van der Waals surface area (Å²) in [6, 6.07) is 14.6. The minimum Gasteiger partial charge on any atom is -0.352 e. The molecule has 2 saturated heterocycles. The molecule has 1 aromatic heterocycles. The first-order valence-electron chi connectivity index (χ1n) is 13.0. The van der Waals surface area contributed by atoms with Crippen LogP contribution in [0.1, 0.15) is 49.1 Å². The minimum atomic E-state index is -0.301. The highest BCUT2D eigenvalue weighted by molar-refractivity contribution is 5.79. The number of carbonyl (C=O) groups is 1. The van der Waals surface area contributed by atoms with E-state index in [9.17, 15) is 9.18 Å². The first-order valence-corrected chi connectivity index (χ1v) is 13.0. The van der Waals surface area contributed by atoms with Crippen molar-refractivity contribution in [2.45, 2.75) is 51.7 Å². The number of benzene rings is 2. The zero-order valence-electron chi connectivity index (χ0n) is 20.7. The predicted molar refractivity (Wildman–Crippen MR) is 135 cm³/mol. The van der Waals surface area contributed by atoms with Crippen molar-refractivity contribution in [3.8, 4) is 11.4 Å². The number of hydrogen-bond donors (Lipinski definition) is 1. The van der Waals surface area contributed by atoms with Crippen LogP contribution in [0.4, 0.5) is 4.39 Å². The Balaban J connectivity index is 1.09. The van der Waals surface area contributed by atoms with Gasteiger partial charge in [-0.3, -0.25) is 14.6 Å². The Morgan fingerprint density at radius 1 is 0.917 bits per heavy atom. The van der Waals surface area contributed by atoms with Crippen molar-refractivity contribution in [3.05, 3.63) is 71.4 Å². The average molecular weight is 492 g/mol. The van der Waals surface area contributed by atoms with E-state index >= 15 is 0 Å². The van der Waals surface area contributed by atoms with E-state index in [0.29, 0.717) is 36.9 Å². The van der Waals surface area contributed by atoms with Gasteiger partial charge in [0, 0.05) is 25.2 Å². The molecule has 3 heterocycles. The van der Waals surface area contributed by atoms with Crippen LogP contribution in [0.15, 0.2) is 53.1 Å². The van der Waals surface area contributed by atoms with Crippen LogP contribution in [0.3, 0.4) is 0 Å². The topological polar surface area (TPSA) is 74.5 Å². The average Bonchev–Trinajstić information content (AvgIpc) is 3.37. The molecule has 1 N–H and O–H groups in total. The van der Waals surface area contributed by atoms with Crippen molar-refractivity contribution in [2.75, 3.05) is 26.2 Å². The second kappa shape index (κ2) is 11.8. The quantitative estimate of drug-likeness (QED) is 0.504. The fourth-order valence-corrected chi connectivity index (χ4v) is 5.11. The van der Waals surface area contributed by atoms with Crippen molar-refractivity contribution in [1.29, 1.82) is 0 Å². The third-order valence-corrected chi connectivity index (χ3v) is 7.15. The first kappa shape index (κ1) is 24.6. The Bertz CT molecular complexity index is 1130. The molecule has 0 bridgehead atoms. The van der Waals surface area contributed by atoms with Crippen LogP contribution in [0.2, 0.25) is 0 Å². The summed E-state index contributed by atoms with van der Waals surface area (Å²) in [5, 5.41) is 7.15. The molecular weight excluding hydrogens is 457 g/mol. The van der Waals surface area contributed by atoms with Crippen molar-refractivity contribution >= 4 is 5.91 Å². The van der Waals surface area contributed by atoms with E-state index in [1.807, 2.05) is 0 Å². The fraction of sp³-hybridized carbons (Fsp3) is 0.464. The third-order valence-electron chi connectivity index (χ3n) is 7.15. The maximum Gasteiger partial charge on any atom is 0.241 e. The molecule has 1 atom stereocenters. The molecular formula is C28H34FN5O2. The molecule has 1 amide bonds. The van der Waals surface area contributed by atoms with Gasteiger partial charge in [0.05, 0.1) is 12.5 Å². The molecule has 2 aromatic carbocycles. The van der Waals surface area contributed by atoms with Crippen molar-refractivity contribution in [3.63, 3.8) is 0 Å². The number of hydrogen-bond acceptors (Lipinski definition) is 6. The number of amides is 1. The summed E-state index contributed by atoms with van der Waals surface area (Å²) in [4.78, 5) is 22.0. The lowest BCUT2D eigenvalue weighted by molar-refractivity contribution is -0.127. The van der Waals surface area contributed by atoms with Gasteiger partial charge in [-0.25, -0.2) is 4.39 Å². The van der Waals surface area contributed by atoms with Gasteiger partial charge in [0.15, 0.2) is 0 Å². The zero-order valence-corrected chi connectivity index (χ0v) is 20.7. The highest BCUT2D eigenvalue weighted by Crippen LogP contribution is 2.21. The maximum absolute atomic E-state index is 13.2. The molecule has 8 heteroatoms. The van der Waals surface area contributed by atoms with Crippen LogP contribution in [-0.4, -0.2) is 52.0 Å². The molecule has 3 aromatic rings. The molecule has 7 nitrogen and oxygen atoms in total. The molecule has 36 heavy (non-hydrogen) atoms. The molecule has 0 aliphatic carbocycles. The second-order valence-electron chi connectivity index (χ2n) is 9.96. The van der Waals surface area contributed by atoms with Crippen LogP contribution < -0.4 is 5.32 Å². The van der Waals surface area contributed by atoms with E-state index in [4.69, 9.17) is 4.52 Å². The van der Waals surface area contributed by atoms with E-state index in [1.54, 1.807) is 12.1 Å². The lowest BCUT2D eigenvalue weighted by Crippen LogP contribution is -2.42. The Labute approximate surface area is 211 Å². The molecule has 2 aliphatic rings. The molecule has 5 rings (SSSR count). The van der Waals surface area contributed by atoms with Gasteiger partial charge in [-0.15, -0.1) is 0 Å². The Hall–Kier alpha value is -3.10. The van der Waals surface area contributed by atoms with Crippen LogP contribution >= 0.6 is 0 Å². The molecule has 190 valence electrons. The van der Waals surface area contributed by atoms with E-state index in [1.165, 1.54) is 50.0 Å². The fourth-order valence-electron chi connectivity index (χ4n) is 5.11. The van der Waals surface area contributed by atoms with E-state index in [2.05, 4.69) is 49.5 Å². The summed E-state index contributed by atoms with van der Waals surface area (Å²) in [5.74, 6) is 0.675. The largest absolute Gasteiger partial charge is 0.352 e.